The first-order chi connectivity index (χ1) is 10.2. The van der Waals surface area contributed by atoms with E-state index in [2.05, 4.69) is 27.7 Å². The summed E-state index contributed by atoms with van der Waals surface area (Å²) in [5.41, 5.74) is 1.07. The van der Waals surface area contributed by atoms with Crippen LogP contribution < -0.4 is 14.8 Å². The summed E-state index contributed by atoms with van der Waals surface area (Å²) in [6, 6.07) is 5.91. The van der Waals surface area contributed by atoms with E-state index in [0.29, 0.717) is 12.2 Å². The number of likely N-dealkylation sites (N-methyl/N-ethyl adjacent to an activating group) is 1. The topological polar surface area (TPSA) is 74.1 Å². The highest BCUT2D eigenvalue weighted by Crippen LogP contribution is 2.27. The summed E-state index contributed by atoms with van der Waals surface area (Å²) in [6.07, 6.45) is 0.651. The number of nitrogens with zero attached hydrogens (tertiary/aromatic N) is 4. The highest BCUT2D eigenvalue weighted by molar-refractivity contribution is 5.40. The van der Waals surface area contributed by atoms with Gasteiger partial charge in [0.15, 0.2) is 5.82 Å². The minimum atomic E-state index is 0.0724. The molecule has 1 atom stereocenters. The molecule has 0 spiro atoms. The number of aromatic nitrogens is 4. The molecule has 1 N–H and O–H groups in total. The Morgan fingerprint density at radius 2 is 1.86 bits per heavy atom. The number of methoxy groups -OCH3 is 2. The van der Waals surface area contributed by atoms with Gasteiger partial charge in [0.1, 0.15) is 11.5 Å². The molecule has 0 fully saturated rings. The molecule has 0 aliphatic rings. The van der Waals surface area contributed by atoms with Crippen LogP contribution in [0.25, 0.3) is 0 Å². The molecular weight excluding hydrogens is 270 g/mol. The third-order valence-electron chi connectivity index (χ3n) is 3.16. The van der Waals surface area contributed by atoms with Gasteiger partial charge >= 0.3 is 0 Å². The number of nitrogens with one attached hydrogen (secondary N) is 1. The summed E-state index contributed by atoms with van der Waals surface area (Å²) in [6.45, 7) is 2.90. The third kappa shape index (κ3) is 3.91. The Bertz CT molecular complexity index is 562. The highest BCUT2D eigenvalue weighted by atomic mass is 16.5. The number of tetrazole rings is 1. The van der Waals surface area contributed by atoms with Crippen LogP contribution in [0.5, 0.6) is 11.5 Å². The SMILES string of the molecule is CCNC(Cc1nnn(C)n1)c1cc(OC)cc(OC)c1. The van der Waals surface area contributed by atoms with E-state index < -0.39 is 0 Å². The highest BCUT2D eigenvalue weighted by Gasteiger charge is 2.16. The molecular formula is C14H21N5O2. The van der Waals surface area contributed by atoms with Gasteiger partial charge in [-0.3, -0.25) is 0 Å². The van der Waals surface area contributed by atoms with E-state index in [1.54, 1.807) is 21.3 Å². The molecule has 0 saturated carbocycles. The minimum absolute atomic E-state index is 0.0724. The van der Waals surface area contributed by atoms with Crippen LogP contribution in [0, 0.1) is 0 Å². The van der Waals surface area contributed by atoms with Crippen molar-refractivity contribution < 1.29 is 9.47 Å². The molecule has 1 heterocycles. The average molecular weight is 291 g/mol. The molecule has 114 valence electrons. The maximum absolute atomic E-state index is 5.32. The molecule has 0 radical (unpaired) electrons. The average Bonchev–Trinajstić information content (AvgIpc) is 2.91. The van der Waals surface area contributed by atoms with E-state index in [0.717, 1.165) is 23.6 Å². The third-order valence-corrected chi connectivity index (χ3v) is 3.16. The number of rotatable bonds is 7. The van der Waals surface area contributed by atoms with Crippen molar-refractivity contribution >= 4 is 0 Å². The molecule has 21 heavy (non-hydrogen) atoms. The van der Waals surface area contributed by atoms with Gasteiger partial charge in [-0.25, -0.2) is 0 Å². The standard InChI is InChI=1S/C14H21N5O2/c1-5-15-13(9-14-16-18-19(2)17-14)10-6-11(20-3)8-12(7-10)21-4/h6-8,13,15H,5,9H2,1-4H3. The first-order valence-corrected chi connectivity index (χ1v) is 6.85. The summed E-state index contributed by atoms with van der Waals surface area (Å²) >= 11 is 0. The zero-order valence-electron chi connectivity index (χ0n) is 12.8. The predicted octanol–water partition coefficient (Wildman–Crippen LogP) is 1.12. The Balaban J connectivity index is 2.28. The van der Waals surface area contributed by atoms with Crippen LogP contribution >= 0.6 is 0 Å². The quantitative estimate of drug-likeness (QED) is 0.824. The fourth-order valence-electron chi connectivity index (χ4n) is 2.17. The van der Waals surface area contributed by atoms with Crippen LogP contribution in [-0.2, 0) is 13.5 Å². The molecule has 7 nitrogen and oxygen atoms in total. The Morgan fingerprint density at radius 3 is 2.33 bits per heavy atom. The van der Waals surface area contributed by atoms with Crippen molar-refractivity contribution in [3.05, 3.63) is 29.6 Å². The summed E-state index contributed by atoms with van der Waals surface area (Å²) in [5.74, 6) is 2.23. The molecule has 1 aromatic carbocycles. The van der Waals surface area contributed by atoms with Gasteiger partial charge < -0.3 is 14.8 Å². The second-order valence-electron chi connectivity index (χ2n) is 4.66. The van der Waals surface area contributed by atoms with Gasteiger partial charge in [0.25, 0.3) is 0 Å². The Hall–Kier alpha value is -2.15. The number of hydrogen-bond acceptors (Lipinski definition) is 6. The van der Waals surface area contributed by atoms with Crippen molar-refractivity contribution in [2.24, 2.45) is 7.05 Å². The number of hydrogen-bond donors (Lipinski definition) is 1. The van der Waals surface area contributed by atoms with Gasteiger partial charge in [-0.2, -0.15) is 4.80 Å². The summed E-state index contributed by atoms with van der Waals surface area (Å²) in [4.78, 5) is 1.46. The monoisotopic (exact) mass is 291 g/mol. The van der Waals surface area contributed by atoms with Gasteiger partial charge in [-0.1, -0.05) is 6.92 Å². The van der Waals surface area contributed by atoms with E-state index >= 15 is 0 Å². The number of benzene rings is 1. The smallest absolute Gasteiger partial charge is 0.176 e. The van der Waals surface area contributed by atoms with Gasteiger partial charge in [-0.15, -0.1) is 10.2 Å². The fourth-order valence-corrected chi connectivity index (χ4v) is 2.17. The summed E-state index contributed by atoms with van der Waals surface area (Å²) in [5, 5.41) is 15.6. The molecule has 2 rings (SSSR count). The lowest BCUT2D eigenvalue weighted by molar-refractivity contribution is 0.391. The zero-order valence-corrected chi connectivity index (χ0v) is 12.8. The van der Waals surface area contributed by atoms with Crippen molar-refractivity contribution in [2.75, 3.05) is 20.8 Å². The lowest BCUT2D eigenvalue weighted by Crippen LogP contribution is -2.23. The van der Waals surface area contributed by atoms with Crippen LogP contribution in [0.4, 0.5) is 0 Å². The second-order valence-corrected chi connectivity index (χ2v) is 4.66. The van der Waals surface area contributed by atoms with E-state index in [-0.39, 0.29) is 6.04 Å². The van der Waals surface area contributed by atoms with E-state index in [9.17, 15) is 0 Å². The molecule has 7 heteroatoms. The molecule has 1 aromatic heterocycles. The van der Waals surface area contributed by atoms with Crippen molar-refractivity contribution in [1.82, 2.24) is 25.5 Å². The van der Waals surface area contributed by atoms with Crippen LogP contribution in [0.15, 0.2) is 18.2 Å². The molecule has 2 aromatic rings. The van der Waals surface area contributed by atoms with Crippen LogP contribution in [0.3, 0.4) is 0 Å². The van der Waals surface area contributed by atoms with E-state index in [1.165, 1.54) is 4.80 Å². The van der Waals surface area contributed by atoms with Crippen LogP contribution in [0.1, 0.15) is 24.4 Å². The second kappa shape index (κ2) is 7.03. The van der Waals surface area contributed by atoms with Crippen LogP contribution in [-0.4, -0.2) is 41.0 Å². The van der Waals surface area contributed by atoms with Crippen LogP contribution in [0.2, 0.25) is 0 Å². The Morgan fingerprint density at radius 1 is 1.19 bits per heavy atom. The lowest BCUT2D eigenvalue weighted by Gasteiger charge is -2.18. The first-order valence-electron chi connectivity index (χ1n) is 6.85. The Kier molecular flexibility index (Phi) is 5.10. The fraction of sp³-hybridized carbons (Fsp3) is 0.500. The largest absolute Gasteiger partial charge is 0.497 e. The maximum atomic E-state index is 5.32. The number of ether oxygens (including phenoxy) is 2. The number of aryl methyl sites for hydroxylation is 1. The molecule has 1 unspecified atom stereocenters. The predicted molar refractivity (Wildman–Crippen MR) is 78.5 cm³/mol. The van der Waals surface area contributed by atoms with Gasteiger partial charge in [0.05, 0.1) is 21.3 Å². The molecule has 0 aliphatic carbocycles. The normalized spacial score (nSPS) is 12.2. The van der Waals surface area contributed by atoms with Crippen molar-refractivity contribution in [3.63, 3.8) is 0 Å². The van der Waals surface area contributed by atoms with E-state index in [1.807, 2.05) is 18.2 Å². The first kappa shape index (κ1) is 15.2. The van der Waals surface area contributed by atoms with Crippen molar-refractivity contribution in [3.8, 4) is 11.5 Å². The van der Waals surface area contributed by atoms with Gasteiger partial charge in [0, 0.05) is 18.5 Å². The van der Waals surface area contributed by atoms with Gasteiger partial charge in [-0.05, 0) is 29.5 Å². The summed E-state index contributed by atoms with van der Waals surface area (Å²) < 4.78 is 10.6. The molecule has 0 saturated heterocycles. The Labute approximate surface area is 124 Å². The zero-order chi connectivity index (χ0) is 15.2. The molecule has 0 amide bonds. The minimum Gasteiger partial charge on any atom is -0.497 e. The maximum Gasteiger partial charge on any atom is 0.176 e. The molecule has 0 bridgehead atoms. The van der Waals surface area contributed by atoms with Crippen molar-refractivity contribution in [2.45, 2.75) is 19.4 Å². The lowest BCUT2D eigenvalue weighted by atomic mass is 10.0. The van der Waals surface area contributed by atoms with E-state index in [4.69, 9.17) is 9.47 Å². The summed E-state index contributed by atoms with van der Waals surface area (Å²) in [7, 11) is 5.05. The van der Waals surface area contributed by atoms with Gasteiger partial charge in [0.2, 0.25) is 0 Å². The molecule has 0 aliphatic heterocycles. The van der Waals surface area contributed by atoms with Crippen molar-refractivity contribution in [1.29, 1.82) is 0 Å².